The van der Waals surface area contributed by atoms with E-state index in [-0.39, 0.29) is 5.91 Å². The molecule has 4 nitrogen and oxygen atoms in total. The SMILES string of the molecule is CC(C(=O)N1CCCc2ccccc21)S(C)(=O)=O. The Labute approximate surface area is 108 Å². The number of fused-ring (bicyclic) bond motifs is 1. The van der Waals surface area contributed by atoms with Crippen LogP contribution in [0.4, 0.5) is 5.69 Å². The van der Waals surface area contributed by atoms with Crippen LogP contribution in [-0.4, -0.2) is 32.4 Å². The number of sulfone groups is 1. The van der Waals surface area contributed by atoms with Gasteiger partial charge < -0.3 is 4.90 Å². The Morgan fingerprint density at radius 3 is 2.67 bits per heavy atom. The zero-order chi connectivity index (χ0) is 13.3. The monoisotopic (exact) mass is 267 g/mol. The van der Waals surface area contributed by atoms with Crippen LogP contribution >= 0.6 is 0 Å². The third kappa shape index (κ3) is 2.41. The molecule has 0 spiro atoms. The summed E-state index contributed by atoms with van der Waals surface area (Å²) in [5, 5.41) is -0.983. The van der Waals surface area contributed by atoms with Crippen molar-refractivity contribution in [3.63, 3.8) is 0 Å². The molecule has 1 atom stereocenters. The van der Waals surface area contributed by atoms with Crippen molar-refractivity contribution in [2.45, 2.75) is 25.0 Å². The molecule has 0 aromatic heterocycles. The first kappa shape index (κ1) is 13.1. The summed E-state index contributed by atoms with van der Waals surface area (Å²) in [5.41, 5.74) is 1.96. The third-order valence-electron chi connectivity index (χ3n) is 3.37. The molecular weight excluding hydrogens is 250 g/mol. The Bertz CT molecular complexity index is 565. The lowest BCUT2D eigenvalue weighted by atomic mass is 10.0. The van der Waals surface area contributed by atoms with E-state index in [1.54, 1.807) is 4.90 Å². The van der Waals surface area contributed by atoms with Crippen LogP contribution in [0.15, 0.2) is 24.3 Å². The van der Waals surface area contributed by atoms with E-state index in [4.69, 9.17) is 0 Å². The molecule has 1 aromatic carbocycles. The van der Waals surface area contributed by atoms with Crippen LogP contribution < -0.4 is 4.90 Å². The first-order valence-corrected chi connectivity index (χ1v) is 7.95. The van der Waals surface area contributed by atoms with E-state index in [1.807, 2.05) is 24.3 Å². The smallest absolute Gasteiger partial charge is 0.245 e. The molecule has 18 heavy (non-hydrogen) atoms. The molecule has 1 aromatic rings. The minimum absolute atomic E-state index is 0.329. The highest BCUT2D eigenvalue weighted by Crippen LogP contribution is 2.27. The van der Waals surface area contributed by atoms with Crippen LogP contribution in [0.2, 0.25) is 0 Å². The Hall–Kier alpha value is -1.36. The number of carbonyl (C=O) groups is 1. The summed E-state index contributed by atoms with van der Waals surface area (Å²) < 4.78 is 23.0. The summed E-state index contributed by atoms with van der Waals surface area (Å²) in [6.45, 7) is 2.05. The zero-order valence-electron chi connectivity index (χ0n) is 10.6. The maximum atomic E-state index is 12.3. The van der Waals surface area contributed by atoms with E-state index in [2.05, 4.69) is 0 Å². The van der Waals surface area contributed by atoms with Gasteiger partial charge >= 0.3 is 0 Å². The minimum Gasteiger partial charge on any atom is -0.311 e. The van der Waals surface area contributed by atoms with Crippen LogP contribution in [-0.2, 0) is 21.1 Å². The van der Waals surface area contributed by atoms with Gasteiger partial charge in [-0.1, -0.05) is 18.2 Å². The predicted molar refractivity (Wildman–Crippen MR) is 71.4 cm³/mol. The lowest BCUT2D eigenvalue weighted by molar-refractivity contribution is -0.118. The molecule has 1 heterocycles. The molecule has 1 aliphatic rings. The van der Waals surface area contributed by atoms with Gasteiger partial charge in [0, 0.05) is 18.5 Å². The van der Waals surface area contributed by atoms with Crippen molar-refractivity contribution in [3.05, 3.63) is 29.8 Å². The molecular formula is C13H17NO3S. The van der Waals surface area contributed by atoms with E-state index >= 15 is 0 Å². The number of hydrogen-bond acceptors (Lipinski definition) is 3. The molecule has 1 amide bonds. The number of hydrogen-bond donors (Lipinski definition) is 0. The summed E-state index contributed by atoms with van der Waals surface area (Å²) in [6, 6.07) is 7.67. The fourth-order valence-corrected chi connectivity index (χ4v) is 2.66. The average Bonchev–Trinajstić information content (AvgIpc) is 2.35. The Balaban J connectivity index is 2.34. The van der Waals surface area contributed by atoms with Crippen LogP contribution in [0.5, 0.6) is 0 Å². The summed E-state index contributed by atoms with van der Waals surface area (Å²) >= 11 is 0. The van der Waals surface area contributed by atoms with Crippen LogP contribution in [0.25, 0.3) is 0 Å². The van der Waals surface area contributed by atoms with Crippen molar-refractivity contribution in [2.75, 3.05) is 17.7 Å². The zero-order valence-corrected chi connectivity index (χ0v) is 11.4. The fraction of sp³-hybridized carbons (Fsp3) is 0.462. The number of nitrogens with zero attached hydrogens (tertiary/aromatic N) is 1. The summed E-state index contributed by atoms with van der Waals surface area (Å²) in [6.07, 6.45) is 2.91. The van der Waals surface area contributed by atoms with Crippen LogP contribution in [0.3, 0.4) is 0 Å². The number of benzene rings is 1. The van der Waals surface area contributed by atoms with E-state index < -0.39 is 15.1 Å². The lowest BCUT2D eigenvalue weighted by Crippen LogP contribution is -2.43. The number of anilines is 1. The van der Waals surface area contributed by atoms with Crippen molar-refractivity contribution in [1.29, 1.82) is 0 Å². The van der Waals surface area contributed by atoms with Gasteiger partial charge in [0.25, 0.3) is 0 Å². The number of amides is 1. The second-order valence-electron chi connectivity index (χ2n) is 4.69. The van der Waals surface area contributed by atoms with Gasteiger partial charge in [-0.05, 0) is 31.4 Å². The first-order valence-electron chi connectivity index (χ1n) is 5.99. The fourth-order valence-electron chi connectivity index (χ4n) is 2.17. The van der Waals surface area contributed by atoms with Crippen molar-refractivity contribution in [1.82, 2.24) is 0 Å². The van der Waals surface area contributed by atoms with Crippen LogP contribution in [0, 0.1) is 0 Å². The Morgan fingerprint density at radius 1 is 1.33 bits per heavy atom. The molecule has 1 aliphatic heterocycles. The van der Waals surface area contributed by atoms with Crippen molar-refractivity contribution >= 4 is 21.4 Å². The quantitative estimate of drug-likeness (QED) is 0.814. The van der Waals surface area contributed by atoms with Crippen LogP contribution in [0.1, 0.15) is 18.9 Å². The highest BCUT2D eigenvalue weighted by molar-refractivity contribution is 7.92. The van der Waals surface area contributed by atoms with Crippen molar-refractivity contribution in [3.8, 4) is 0 Å². The van der Waals surface area contributed by atoms with E-state index in [0.717, 1.165) is 30.3 Å². The van der Waals surface area contributed by atoms with Gasteiger partial charge in [-0.3, -0.25) is 4.79 Å². The van der Waals surface area contributed by atoms with E-state index in [1.165, 1.54) is 6.92 Å². The second-order valence-corrected chi connectivity index (χ2v) is 7.06. The molecule has 0 radical (unpaired) electrons. The molecule has 0 N–H and O–H groups in total. The molecule has 5 heteroatoms. The van der Waals surface area contributed by atoms with Gasteiger partial charge in [0.1, 0.15) is 5.25 Å². The summed E-state index contributed by atoms with van der Waals surface area (Å²) in [5.74, 6) is -0.329. The number of rotatable bonds is 2. The topological polar surface area (TPSA) is 54.5 Å². The van der Waals surface area contributed by atoms with Gasteiger partial charge in [0.15, 0.2) is 9.84 Å². The molecule has 0 aliphatic carbocycles. The largest absolute Gasteiger partial charge is 0.311 e. The number of aryl methyl sites for hydroxylation is 1. The highest BCUT2D eigenvalue weighted by Gasteiger charge is 2.31. The molecule has 98 valence electrons. The maximum Gasteiger partial charge on any atom is 0.245 e. The van der Waals surface area contributed by atoms with Gasteiger partial charge in [-0.25, -0.2) is 8.42 Å². The molecule has 0 fully saturated rings. The molecule has 1 unspecified atom stereocenters. The highest BCUT2D eigenvalue weighted by atomic mass is 32.2. The van der Waals surface area contributed by atoms with E-state index in [0.29, 0.717) is 6.54 Å². The third-order valence-corrected chi connectivity index (χ3v) is 4.85. The molecule has 0 saturated carbocycles. The van der Waals surface area contributed by atoms with Crippen molar-refractivity contribution < 1.29 is 13.2 Å². The predicted octanol–water partition coefficient (Wildman–Crippen LogP) is 1.40. The normalized spacial score (nSPS) is 17.1. The minimum atomic E-state index is -3.35. The Morgan fingerprint density at radius 2 is 2.00 bits per heavy atom. The first-order chi connectivity index (χ1) is 8.41. The molecule has 0 saturated heterocycles. The van der Waals surface area contributed by atoms with Gasteiger partial charge in [-0.2, -0.15) is 0 Å². The van der Waals surface area contributed by atoms with Gasteiger partial charge in [0.2, 0.25) is 5.91 Å². The average molecular weight is 267 g/mol. The lowest BCUT2D eigenvalue weighted by Gasteiger charge is -2.31. The molecule has 0 bridgehead atoms. The van der Waals surface area contributed by atoms with E-state index in [9.17, 15) is 13.2 Å². The summed E-state index contributed by atoms with van der Waals surface area (Å²) in [4.78, 5) is 13.9. The maximum absolute atomic E-state index is 12.3. The van der Waals surface area contributed by atoms with Gasteiger partial charge in [0.05, 0.1) is 0 Å². The van der Waals surface area contributed by atoms with Gasteiger partial charge in [-0.15, -0.1) is 0 Å². The number of para-hydroxylation sites is 1. The number of carbonyl (C=O) groups excluding carboxylic acids is 1. The Kier molecular flexibility index (Phi) is 3.43. The summed E-state index contributed by atoms with van der Waals surface area (Å²) in [7, 11) is -3.35. The molecule has 2 rings (SSSR count). The standard InChI is InChI=1S/C13H17NO3S/c1-10(18(2,16)17)13(15)14-9-5-7-11-6-3-4-8-12(11)14/h3-4,6,8,10H,5,7,9H2,1-2H3. The van der Waals surface area contributed by atoms with Crippen molar-refractivity contribution in [2.24, 2.45) is 0 Å². The second kappa shape index (κ2) is 4.72.